The van der Waals surface area contributed by atoms with Crippen LogP contribution in [0.25, 0.3) is 0 Å². The fraction of sp³-hybridized carbons (Fsp3) is 0.533. The quantitative estimate of drug-likeness (QED) is 0.361. The number of ether oxygens (including phenoxy) is 1. The summed E-state index contributed by atoms with van der Waals surface area (Å²) in [5.41, 5.74) is -6.68. The van der Waals surface area contributed by atoms with E-state index in [0.29, 0.717) is 6.07 Å². The Kier molecular flexibility index (Phi) is 5.78. The second kappa shape index (κ2) is 6.95. The minimum Gasteiger partial charge on any atom is -0.464 e. The molecule has 0 aliphatic heterocycles. The summed E-state index contributed by atoms with van der Waals surface area (Å²) in [6.45, 7) is 3.12. The van der Waals surface area contributed by atoms with E-state index in [0.717, 1.165) is 26.0 Å². The number of carbonyl (C=O) groups excluding carboxylic acids is 1. The van der Waals surface area contributed by atoms with Gasteiger partial charge >= 0.3 is 12.1 Å². The number of esters is 1. The van der Waals surface area contributed by atoms with Crippen LogP contribution >= 0.6 is 0 Å². The summed E-state index contributed by atoms with van der Waals surface area (Å²) in [6, 6.07) is 2.31. The van der Waals surface area contributed by atoms with Gasteiger partial charge in [0.1, 0.15) is 5.82 Å². The Labute approximate surface area is 140 Å². The highest BCUT2D eigenvalue weighted by Crippen LogP contribution is 2.44. The van der Waals surface area contributed by atoms with E-state index in [1.54, 1.807) is 0 Å². The first-order chi connectivity index (χ1) is 11.3. The molecule has 0 fully saturated rings. The third-order valence-electron chi connectivity index (χ3n) is 3.66. The molecular formula is C15H17F4NO5. The van der Waals surface area contributed by atoms with Gasteiger partial charge in [-0.1, -0.05) is 13.8 Å². The van der Waals surface area contributed by atoms with Gasteiger partial charge in [0.05, 0.1) is 11.5 Å². The van der Waals surface area contributed by atoms with Crippen molar-refractivity contribution in [3.8, 4) is 0 Å². The van der Waals surface area contributed by atoms with E-state index in [-0.39, 0.29) is 5.56 Å². The molecule has 0 saturated carbocycles. The van der Waals surface area contributed by atoms with Crippen molar-refractivity contribution in [1.82, 2.24) is 0 Å². The number of alkyl halides is 3. The lowest BCUT2D eigenvalue weighted by Crippen LogP contribution is -2.56. The van der Waals surface area contributed by atoms with E-state index in [2.05, 4.69) is 4.74 Å². The lowest BCUT2D eigenvalue weighted by molar-refractivity contribution is -0.386. The van der Waals surface area contributed by atoms with Crippen LogP contribution in [0.3, 0.4) is 0 Å². The van der Waals surface area contributed by atoms with E-state index in [1.165, 1.54) is 6.92 Å². The van der Waals surface area contributed by atoms with Gasteiger partial charge < -0.3 is 9.84 Å². The van der Waals surface area contributed by atoms with Gasteiger partial charge in [-0.25, -0.2) is 9.18 Å². The van der Waals surface area contributed by atoms with Gasteiger partial charge in [-0.05, 0) is 19.1 Å². The topological polar surface area (TPSA) is 89.7 Å². The Morgan fingerprint density at radius 2 is 1.88 bits per heavy atom. The lowest BCUT2D eigenvalue weighted by Gasteiger charge is -2.35. The highest BCUT2D eigenvalue weighted by Gasteiger charge is 2.63. The van der Waals surface area contributed by atoms with Gasteiger partial charge in [0.15, 0.2) is 0 Å². The zero-order valence-corrected chi connectivity index (χ0v) is 13.7. The molecule has 0 aromatic heterocycles. The number of hydrogen-bond donors (Lipinski definition) is 1. The number of benzene rings is 1. The molecule has 0 bridgehead atoms. The van der Waals surface area contributed by atoms with Crippen LogP contribution in [0, 0.1) is 15.9 Å². The van der Waals surface area contributed by atoms with Crippen molar-refractivity contribution in [2.75, 3.05) is 6.61 Å². The maximum atomic E-state index is 13.5. The smallest absolute Gasteiger partial charge is 0.428 e. The molecule has 0 radical (unpaired) electrons. The third-order valence-corrected chi connectivity index (χ3v) is 3.66. The van der Waals surface area contributed by atoms with Crippen LogP contribution < -0.4 is 0 Å². The van der Waals surface area contributed by atoms with Crippen LogP contribution in [-0.2, 0) is 14.9 Å². The average Bonchev–Trinajstić information content (AvgIpc) is 2.45. The summed E-state index contributed by atoms with van der Waals surface area (Å²) in [6.07, 6.45) is -6.68. The molecule has 0 aliphatic carbocycles. The Bertz CT molecular complexity index is 674. The van der Waals surface area contributed by atoms with Gasteiger partial charge in [-0.15, -0.1) is 0 Å². The van der Waals surface area contributed by atoms with Crippen molar-refractivity contribution >= 4 is 11.7 Å². The largest absolute Gasteiger partial charge is 0.464 e. The lowest BCUT2D eigenvalue weighted by atomic mass is 9.74. The van der Waals surface area contributed by atoms with E-state index in [9.17, 15) is 37.6 Å². The molecule has 25 heavy (non-hydrogen) atoms. The zero-order valence-electron chi connectivity index (χ0n) is 13.7. The van der Waals surface area contributed by atoms with Crippen LogP contribution in [-0.4, -0.2) is 34.4 Å². The molecule has 6 nitrogen and oxygen atoms in total. The number of nitro benzene ring substituents is 1. The van der Waals surface area contributed by atoms with Crippen LogP contribution in [0.4, 0.5) is 23.2 Å². The summed E-state index contributed by atoms with van der Waals surface area (Å²) in [4.78, 5) is 21.9. The molecule has 1 rings (SSSR count). The van der Waals surface area contributed by atoms with Crippen molar-refractivity contribution in [2.45, 2.75) is 44.4 Å². The molecule has 1 atom stereocenters. The van der Waals surface area contributed by atoms with Crippen molar-refractivity contribution in [3.63, 3.8) is 0 Å². The Hall–Kier alpha value is -2.23. The molecule has 10 heteroatoms. The zero-order chi connectivity index (χ0) is 19.6. The van der Waals surface area contributed by atoms with Gasteiger partial charge in [0, 0.05) is 23.5 Å². The number of nitrogens with zero attached hydrogens (tertiary/aromatic N) is 1. The molecule has 1 N–H and O–H groups in total. The number of halogens is 4. The summed E-state index contributed by atoms with van der Waals surface area (Å²) >= 11 is 0. The van der Waals surface area contributed by atoms with Gasteiger partial charge in [0.25, 0.3) is 11.3 Å². The summed E-state index contributed by atoms with van der Waals surface area (Å²) < 4.78 is 57.7. The fourth-order valence-electron chi connectivity index (χ4n) is 2.48. The molecule has 0 heterocycles. The normalized spacial score (nSPS) is 14.7. The number of aliphatic hydroxyl groups is 1. The molecule has 1 unspecified atom stereocenters. The molecule has 0 amide bonds. The van der Waals surface area contributed by atoms with E-state index in [1.807, 2.05) is 0 Å². The van der Waals surface area contributed by atoms with E-state index >= 15 is 0 Å². The SMILES string of the molecule is CCOC(=O)C(O)(CC(C)(C)c1cc(F)ccc1[N+](=O)[O-])C(F)(F)F. The first kappa shape index (κ1) is 20.8. The van der Waals surface area contributed by atoms with Crippen LogP contribution in [0.5, 0.6) is 0 Å². The van der Waals surface area contributed by atoms with Crippen molar-refractivity contribution in [1.29, 1.82) is 0 Å². The molecule has 1 aromatic carbocycles. The highest BCUT2D eigenvalue weighted by molar-refractivity contribution is 5.80. The standard InChI is InChI=1S/C15H17F4NO5/c1-4-25-12(21)14(22,15(17,18)19)8-13(2,3)10-7-9(16)5-6-11(10)20(23)24/h5-7,22H,4,8H2,1-3H3. The Morgan fingerprint density at radius 1 is 1.32 bits per heavy atom. The van der Waals surface area contributed by atoms with Gasteiger partial charge in [-0.3, -0.25) is 10.1 Å². The van der Waals surface area contributed by atoms with Gasteiger partial charge in [-0.2, -0.15) is 13.2 Å². The molecule has 140 valence electrons. The fourth-order valence-corrected chi connectivity index (χ4v) is 2.48. The first-order valence-electron chi connectivity index (χ1n) is 7.17. The monoisotopic (exact) mass is 367 g/mol. The average molecular weight is 367 g/mol. The van der Waals surface area contributed by atoms with Crippen LogP contribution in [0.15, 0.2) is 18.2 Å². The predicted octanol–water partition coefficient (Wildman–Crippen LogP) is 3.26. The van der Waals surface area contributed by atoms with Crippen molar-refractivity contribution < 1.29 is 37.1 Å². The summed E-state index contributed by atoms with van der Waals surface area (Å²) in [5, 5.41) is 21.1. The van der Waals surface area contributed by atoms with E-state index < -0.39 is 52.6 Å². The Balaban J connectivity index is 3.45. The minimum atomic E-state index is -5.39. The maximum Gasteiger partial charge on any atom is 0.428 e. The Morgan fingerprint density at radius 3 is 2.32 bits per heavy atom. The molecular weight excluding hydrogens is 350 g/mol. The van der Waals surface area contributed by atoms with Crippen molar-refractivity contribution in [3.05, 3.63) is 39.7 Å². The number of hydrogen-bond acceptors (Lipinski definition) is 5. The predicted molar refractivity (Wildman–Crippen MR) is 78.3 cm³/mol. The third kappa shape index (κ3) is 4.25. The van der Waals surface area contributed by atoms with Crippen LogP contribution in [0.1, 0.15) is 32.8 Å². The van der Waals surface area contributed by atoms with Crippen molar-refractivity contribution in [2.24, 2.45) is 0 Å². The first-order valence-corrected chi connectivity index (χ1v) is 7.17. The second-order valence-electron chi connectivity index (χ2n) is 6.06. The molecule has 0 aliphatic rings. The molecule has 0 saturated heterocycles. The molecule has 1 aromatic rings. The number of nitro groups is 1. The van der Waals surface area contributed by atoms with E-state index in [4.69, 9.17) is 0 Å². The number of rotatable bonds is 6. The second-order valence-corrected chi connectivity index (χ2v) is 6.06. The highest BCUT2D eigenvalue weighted by atomic mass is 19.4. The summed E-state index contributed by atoms with van der Waals surface area (Å²) in [5.74, 6) is -2.82. The number of carbonyl (C=O) groups is 1. The van der Waals surface area contributed by atoms with Crippen LogP contribution in [0.2, 0.25) is 0 Å². The maximum absolute atomic E-state index is 13.5. The van der Waals surface area contributed by atoms with Gasteiger partial charge in [0.2, 0.25) is 0 Å². The molecule has 0 spiro atoms. The summed E-state index contributed by atoms with van der Waals surface area (Å²) in [7, 11) is 0. The minimum absolute atomic E-state index is 0.385.